The molecule has 6 nitrogen and oxygen atoms in total. The summed E-state index contributed by atoms with van der Waals surface area (Å²) < 4.78 is 42.7. The lowest BCUT2D eigenvalue weighted by atomic mass is 9.93. The minimum Gasteiger partial charge on any atom is -0.489 e. The molecule has 0 radical (unpaired) electrons. The van der Waals surface area contributed by atoms with Gasteiger partial charge in [0.1, 0.15) is 12.4 Å². The van der Waals surface area contributed by atoms with Gasteiger partial charge in [-0.2, -0.15) is 0 Å². The van der Waals surface area contributed by atoms with Crippen molar-refractivity contribution >= 4 is 15.7 Å². The Morgan fingerprint density at radius 2 is 2.00 bits per heavy atom. The molecule has 1 saturated carbocycles. The topological polar surface area (TPSA) is 98.5 Å². The monoisotopic (exact) mass is 410 g/mol. The average molecular weight is 411 g/mol. The lowest BCUT2D eigenvalue weighted by Crippen LogP contribution is -2.40. The van der Waals surface area contributed by atoms with E-state index in [9.17, 15) is 17.6 Å². The Balaban J connectivity index is 1.81. The van der Waals surface area contributed by atoms with Gasteiger partial charge in [0.25, 0.3) is 0 Å². The van der Waals surface area contributed by atoms with Crippen LogP contribution < -0.4 is 15.8 Å². The summed E-state index contributed by atoms with van der Waals surface area (Å²) >= 11 is 0. The summed E-state index contributed by atoms with van der Waals surface area (Å²) in [4.78, 5) is 12.1. The Labute approximate surface area is 165 Å². The van der Waals surface area contributed by atoms with E-state index in [2.05, 4.69) is 11.9 Å². The number of carbonyl (C=O) groups excluding carboxylic acids is 1. The van der Waals surface area contributed by atoms with E-state index in [1.807, 2.05) is 0 Å². The zero-order chi connectivity index (χ0) is 20.6. The zero-order valence-electron chi connectivity index (χ0n) is 15.8. The van der Waals surface area contributed by atoms with E-state index in [-0.39, 0.29) is 35.7 Å². The lowest BCUT2D eigenvalue weighted by Gasteiger charge is -2.26. The van der Waals surface area contributed by atoms with Gasteiger partial charge in [-0.05, 0) is 56.4 Å². The maximum Gasteiger partial charge on any atom is 0.246 e. The molecule has 1 aromatic carbocycles. The first kappa shape index (κ1) is 22.1. The predicted molar refractivity (Wildman–Crippen MR) is 106 cm³/mol. The van der Waals surface area contributed by atoms with E-state index in [0.29, 0.717) is 36.1 Å². The molecule has 0 aromatic heterocycles. The maximum atomic E-state index is 12.5. The zero-order valence-corrected chi connectivity index (χ0v) is 16.6. The smallest absolute Gasteiger partial charge is 0.246 e. The molecular formula is C20H27FN2O4S. The van der Waals surface area contributed by atoms with Crippen LogP contribution in [-0.2, 0) is 14.6 Å². The third-order valence-corrected chi connectivity index (χ3v) is 6.49. The Hall–Kier alpha value is -2.19. The van der Waals surface area contributed by atoms with Gasteiger partial charge < -0.3 is 15.8 Å². The molecule has 0 bridgehead atoms. The normalized spacial score (nSPS) is 15.0. The number of halogens is 1. The van der Waals surface area contributed by atoms with Gasteiger partial charge in [-0.25, -0.2) is 12.8 Å². The molecule has 0 saturated heterocycles. The number of nitrogens with one attached hydrogen (secondary N) is 1. The number of sulfone groups is 1. The summed E-state index contributed by atoms with van der Waals surface area (Å²) in [6.07, 6.45) is 4.16. The van der Waals surface area contributed by atoms with Gasteiger partial charge in [0.15, 0.2) is 9.84 Å². The summed E-state index contributed by atoms with van der Waals surface area (Å²) in [7, 11) is -3.48. The molecule has 154 valence electrons. The highest BCUT2D eigenvalue weighted by Gasteiger charge is 2.21. The third-order valence-electron chi connectivity index (χ3n) is 4.68. The Bertz CT molecular complexity index is 815. The largest absolute Gasteiger partial charge is 0.489 e. The number of carbonyl (C=O) groups is 1. The standard InChI is InChI=1S/C20H27FN2O4S/c1-15(20(24)23-17-5-2-6-17)4-3-11-28(25,26)19-9-7-18(8-10-19)27-14-16(12-21)13-22/h7-10,12,17H,1-6,11,13-14,22H2,(H,23,24)/b16-12+. The van der Waals surface area contributed by atoms with Crippen LogP contribution in [0.2, 0.25) is 0 Å². The van der Waals surface area contributed by atoms with Gasteiger partial charge >= 0.3 is 0 Å². The first-order valence-corrected chi connectivity index (χ1v) is 10.9. The van der Waals surface area contributed by atoms with Crippen molar-refractivity contribution < 1.29 is 22.3 Å². The van der Waals surface area contributed by atoms with Crippen LogP contribution in [0, 0.1) is 0 Å². The van der Waals surface area contributed by atoms with Crippen molar-refractivity contribution in [2.24, 2.45) is 5.73 Å². The van der Waals surface area contributed by atoms with Crippen molar-refractivity contribution in [2.45, 2.75) is 43.0 Å². The Kier molecular flexibility index (Phi) is 8.19. The van der Waals surface area contributed by atoms with Crippen molar-refractivity contribution in [3.8, 4) is 5.75 Å². The average Bonchev–Trinajstić information content (AvgIpc) is 2.65. The highest BCUT2D eigenvalue weighted by Crippen LogP contribution is 2.20. The minimum absolute atomic E-state index is 0.00410. The molecule has 0 unspecified atom stereocenters. The third kappa shape index (κ3) is 6.45. The van der Waals surface area contributed by atoms with Crippen molar-refractivity contribution in [1.29, 1.82) is 0 Å². The minimum atomic E-state index is -3.48. The number of nitrogens with two attached hydrogens (primary N) is 1. The molecule has 0 aliphatic heterocycles. The fraction of sp³-hybridized carbons (Fsp3) is 0.450. The van der Waals surface area contributed by atoms with Gasteiger partial charge in [-0.3, -0.25) is 4.79 Å². The predicted octanol–water partition coefficient (Wildman–Crippen LogP) is 2.66. The molecule has 1 aromatic rings. The van der Waals surface area contributed by atoms with Crippen LogP contribution in [0.25, 0.3) is 0 Å². The van der Waals surface area contributed by atoms with E-state index in [0.717, 1.165) is 19.3 Å². The summed E-state index contributed by atoms with van der Waals surface area (Å²) in [5.74, 6) is 0.153. The van der Waals surface area contributed by atoms with Crippen molar-refractivity contribution in [2.75, 3.05) is 18.9 Å². The van der Waals surface area contributed by atoms with Gasteiger partial charge in [-0.1, -0.05) is 6.58 Å². The van der Waals surface area contributed by atoms with Crippen LogP contribution in [0.4, 0.5) is 4.39 Å². The quantitative estimate of drug-likeness (QED) is 0.547. The van der Waals surface area contributed by atoms with E-state index >= 15 is 0 Å². The van der Waals surface area contributed by atoms with Gasteiger partial charge in [-0.15, -0.1) is 0 Å². The van der Waals surface area contributed by atoms with Crippen LogP contribution in [0.1, 0.15) is 32.1 Å². The molecular weight excluding hydrogens is 383 g/mol. The van der Waals surface area contributed by atoms with Gasteiger partial charge in [0.05, 0.1) is 17.0 Å². The number of rotatable bonds is 11. The van der Waals surface area contributed by atoms with Crippen LogP contribution >= 0.6 is 0 Å². The van der Waals surface area contributed by atoms with Crippen LogP contribution in [0.5, 0.6) is 5.75 Å². The molecule has 0 spiro atoms. The molecule has 0 heterocycles. The van der Waals surface area contributed by atoms with Crippen molar-refractivity contribution in [3.05, 3.63) is 48.3 Å². The molecule has 28 heavy (non-hydrogen) atoms. The SMILES string of the molecule is C=C(CCCS(=O)(=O)c1ccc(OC/C(=C/F)CN)cc1)C(=O)NC1CCC1. The van der Waals surface area contributed by atoms with Gasteiger partial charge in [0, 0.05) is 23.7 Å². The number of amides is 1. The summed E-state index contributed by atoms with van der Waals surface area (Å²) in [5, 5.41) is 2.89. The molecule has 1 amide bonds. The molecule has 1 aliphatic rings. The second-order valence-electron chi connectivity index (χ2n) is 6.86. The fourth-order valence-electron chi connectivity index (χ4n) is 2.60. The number of ether oxygens (including phenoxy) is 1. The molecule has 8 heteroatoms. The summed E-state index contributed by atoms with van der Waals surface area (Å²) in [5.41, 5.74) is 6.06. The van der Waals surface area contributed by atoms with E-state index < -0.39 is 9.84 Å². The number of hydrogen-bond acceptors (Lipinski definition) is 5. The van der Waals surface area contributed by atoms with Crippen LogP contribution in [0.15, 0.2) is 53.2 Å². The van der Waals surface area contributed by atoms with Crippen LogP contribution in [-0.4, -0.2) is 39.3 Å². The molecule has 1 fully saturated rings. The molecule has 1 aliphatic carbocycles. The summed E-state index contributed by atoms with van der Waals surface area (Å²) in [6.45, 7) is 3.81. The molecule has 0 atom stereocenters. The number of hydrogen-bond donors (Lipinski definition) is 2. The second kappa shape index (κ2) is 10.4. The van der Waals surface area contributed by atoms with E-state index in [1.54, 1.807) is 0 Å². The fourth-order valence-corrected chi connectivity index (χ4v) is 3.91. The first-order valence-electron chi connectivity index (χ1n) is 9.28. The Morgan fingerprint density at radius 1 is 1.32 bits per heavy atom. The highest BCUT2D eigenvalue weighted by molar-refractivity contribution is 7.91. The lowest BCUT2D eigenvalue weighted by molar-refractivity contribution is -0.118. The summed E-state index contributed by atoms with van der Waals surface area (Å²) in [6, 6.07) is 6.16. The second-order valence-corrected chi connectivity index (χ2v) is 8.97. The highest BCUT2D eigenvalue weighted by atomic mass is 32.2. The first-order chi connectivity index (χ1) is 13.4. The van der Waals surface area contributed by atoms with E-state index in [1.165, 1.54) is 24.3 Å². The van der Waals surface area contributed by atoms with Gasteiger partial charge in [0.2, 0.25) is 5.91 Å². The van der Waals surface area contributed by atoms with E-state index in [4.69, 9.17) is 10.5 Å². The maximum absolute atomic E-state index is 12.5. The van der Waals surface area contributed by atoms with Crippen molar-refractivity contribution in [1.82, 2.24) is 5.32 Å². The van der Waals surface area contributed by atoms with Crippen molar-refractivity contribution in [3.63, 3.8) is 0 Å². The Morgan fingerprint density at radius 3 is 2.54 bits per heavy atom. The molecule has 3 N–H and O–H groups in total. The molecule has 2 rings (SSSR count). The van der Waals surface area contributed by atoms with Crippen LogP contribution in [0.3, 0.4) is 0 Å². The number of benzene rings is 1.